The number of fused-ring (bicyclic) bond motifs is 3. The van der Waals surface area contributed by atoms with Crippen LogP contribution in [0, 0.1) is 13.8 Å². The quantitative estimate of drug-likeness (QED) is 0.0325. The van der Waals surface area contributed by atoms with E-state index in [9.17, 15) is 4.79 Å². The number of nitrogens with zero attached hydrogens (tertiary/aromatic N) is 2. The van der Waals surface area contributed by atoms with Crippen LogP contribution >= 0.6 is 45.3 Å². The molecule has 0 bridgehead atoms. The van der Waals surface area contributed by atoms with Gasteiger partial charge in [-0.15, -0.1) is 45.3 Å². The molecular weight excluding hydrogens is 1220 g/mol. The van der Waals surface area contributed by atoms with E-state index in [0.717, 1.165) is 46.0 Å². The van der Waals surface area contributed by atoms with Crippen molar-refractivity contribution in [3.63, 3.8) is 0 Å². The van der Waals surface area contributed by atoms with Gasteiger partial charge >= 0.3 is 23.7 Å². The molecule has 462 valence electrons. The lowest BCUT2D eigenvalue weighted by atomic mass is 9.70. The van der Waals surface area contributed by atoms with E-state index in [-0.39, 0.29) is 31.8 Å². The average molecular weight is 1290 g/mol. The maximum Gasteiger partial charge on any atom is 0.380 e. The van der Waals surface area contributed by atoms with Crippen LogP contribution in [-0.2, 0) is 16.8 Å². The third kappa shape index (κ3) is 12.1. The van der Waals surface area contributed by atoms with Crippen LogP contribution < -0.4 is 0 Å². The summed E-state index contributed by atoms with van der Waals surface area (Å²) >= 11 is 5.48. The zero-order valence-electron chi connectivity index (χ0n) is 50.9. The second kappa shape index (κ2) is 26.5. The summed E-state index contributed by atoms with van der Waals surface area (Å²) < 4.78 is 100.0. The minimum atomic E-state index is -5.75. The van der Waals surface area contributed by atoms with Gasteiger partial charge in [-0.25, -0.2) is 14.8 Å². The monoisotopic (exact) mass is 1280 g/mol. The molecule has 12 rings (SSSR count). The van der Waals surface area contributed by atoms with Gasteiger partial charge in [-0.2, -0.15) is 26.3 Å². The molecule has 4 heterocycles. The number of esters is 1. The lowest BCUT2D eigenvalue weighted by Crippen LogP contribution is -2.49. The average Bonchev–Trinajstić information content (AvgIpc) is 1.55. The summed E-state index contributed by atoms with van der Waals surface area (Å²) in [5.41, 5.74) is 7.88. The molecule has 0 saturated carbocycles. The van der Waals surface area contributed by atoms with Crippen molar-refractivity contribution < 1.29 is 35.9 Å². The number of hydrogen-bond donors (Lipinski definition) is 0. The van der Waals surface area contributed by atoms with Crippen LogP contribution in [0.15, 0.2) is 170 Å². The van der Waals surface area contributed by atoms with Gasteiger partial charge in [0.05, 0.1) is 28.1 Å². The van der Waals surface area contributed by atoms with Crippen LogP contribution in [-0.4, -0.2) is 33.7 Å². The predicted octanol–water partition coefficient (Wildman–Crippen LogP) is 24.3. The first-order valence-electron chi connectivity index (χ1n) is 31.3. The van der Waals surface area contributed by atoms with E-state index < -0.39 is 46.3 Å². The van der Waals surface area contributed by atoms with Gasteiger partial charge in [0.25, 0.3) is 0 Å². The lowest BCUT2D eigenvalue weighted by molar-refractivity contribution is -0.254. The molecule has 0 N–H and O–H groups in total. The topological polar surface area (TPSA) is 52.1 Å². The number of aryl methyl sites for hydroxylation is 2. The highest BCUT2D eigenvalue weighted by atomic mass is 32.1. The molecule has 6 aromatic carbocycles. The Morgan fingerprint density at radius 3 is 1.29 bits per heavy atom. The van der Waals surface area contributed by atoms with Crippen molar-refractivity contribution in [3.8, 4) is 74.0 Å². The molecule has 90 heavy (non-hydrogen) atoms. The summed E-state index contributed by atoms with van der Waals surface area (Å²) in [5.74, 6) is -16.8. The Morgan fingerprint density at radius 1 is 0.433 bits per heavy atom. The molecule has 2 aliphatic rings. The van der Waals surface area contributed by atoms with E-state index in [4.69, 9.17) is 4.74 Å². The molecule has 0 aliphatic heterocycles. The van der Waals surface area contributed by atoms with Crippen LogP contribution in [0.5, 0.6) is 0 Å². The first kappa shape index (κ1) is 62.9. The van der Waals surface area contributed by atoms with Crippen molar-refractivity contribution in [2.75, 3.05) is 0 Å². The summed E-state index contributed by atoms with van der Waals surface area (Å²) in [6.07, 6.45) is 17.2. The van der Waals surface area contributed by atoms with E-state index in [0.29, 0.717) is 22.3 Å². The zero-order valence-corrected chi connectivity index (χ0v) is 54.2. The number of carbonyl (C=O) groups is 1. The smallest absolute Gasteiger partial charge is 0.380 e. The van der Waals surface area contributed by atoms with Crippen LogP contribution in [0.2, 0.25) is 0 Å². The minimum Gasteiger partial charge on any atom is -0.457 e. The maximum absolute atomic E-state index is 15.9. The Labute approximate surface area is 539 Å². The van der Waals surface area contributed by atoms with Crippen LogP contribution in [0.3, 0.4) is 0 Å². The number of rotatable bonds is 25. The van der Waals surface area contributed by atoms with E-state index in [2.05, 4.69) is 115 Å². The molecule has 10 aromatic rings. The van der Waals surface area contributed by atoms with Gasteiger partial charge in [-0.3, -0.25) is 0 Å². The lowest BCUT2D eigenvalue weighted by Gasteiger charge is -2.33. The largest absolute Gasteiger partial charge is 0.457 e. The molecule has 0 saturated heterocycles. The number of unbranched alkanes of at least 4 members (excludes halogenated alkanes) is 10. The molecule has 0 amide bonds. The fraction of sp³-hybridized carbons (Fsp3) is 0.303. The Bertz CT molecular complexity index is 4180. The highest BCUT2D eigenvalue weighted by Gasteiger charge is 2.81. The maximum atomic E-state index is 15.9. The number of allylic oxidation sites excluding steroid dienone is 2. The summed E-state index contributed by atoms with van der Waals surface area (Å²) in [6, 6.07) is 56.6. The first-order chi connectivity index (χ1) is 43.5. The van der Waals surface area contributed by atoms with Gasteiger partial charge < -0.3 is 4.74 Å². The van der Waals surface area contributed by atoms with Gasteiger partial charge in [0.2, 0.25) is 0 Å². The van der Waals surface area contributed by atoms with E-state index in [1.165, 1.54) is 144 Å². The Hall–Kier alpha value is -7.23. The van der Waals surface area contributed by atoms with Crippen molar-refractivity contribution in [1.82, 2.24) is 9.97 Å². The van der Waals surface area contributed by atoms with Gasteiger partial charge in [0, 0.05) is 45.8 Å². The number of benzene rings is 6. The molecule has 2 aliphatic carbocycles. The Kier molecular flexibility index (Phi) is 18.6. The molecule has 0 atom stereocenters. The number of hydrogen-bond acceptors (Lipinski definition) is 8. The number of carbonyl (C=O) groups excluding carboxylic acids is 1. The SMILES string of the molecule is CCCCCCCCC1(CCCCCCCC)c2cc(-c3ccc(-c4ccccc4)s3)ccc2-c2ccc(-c3ccc(-c4ccc(C(=O)OCc5ccc(-c6nc(C7=C(c8nc(-c9ccccc9)sc8C)C(F)(F)C(F)(F)C7(F)F)c(C)s6)cc5)cc4)s3)cc21. The van der Waals surface area contributed by atoms with Gasteiger partial charge in [-0.05, 0) is 125 Å². The minimum absolute atomic E-state index is 0.0530. The predicted molar refractivity (Wildman–Crippen MR) is 361 cm³/mol. The molecule has 0 unspecified atom stereocenters. The van der Waals surface area contributed by atoms with E-state index in [1.807, 2.05) is 23.5 Å². The highest BCUT2D eigenvalue weighted by molar-refractivity contribution is 7.19. The summed E-state index contributed by atoms with van der Waals surface area (Å²) in [6.45, 7) is 7.27. The summed E-state index contributed by atoms with van der Waals surface area (Å²) in [4.78, 5) is 27.0. The first-order valence-corrected chi connectivity index (χ1v) is 34.6. The second-order valence-electron chi connectivity index (χ2n) is 23.9. The van der Waals surface area contributed by atoms with Gasteiger partial charge in [0.15, 0.2) is 0 Å². The van der Waals surface area contributed by atoms with Crippen LogP contribution in [0.4, 0.5) is 26.3 Å². The fourth-order valence-corrected chi connectivity index (χ4v) is 16.8. The van der Waals surface area contributed by atoms with E-state index >= 15 is 26.3 Å². The van der Waals surface area contributed by atoms with Crippen LogP contribution in [0.25, 0.3) is 85.2 Å². The number of thiazole rings is 2. The summed E-state index contributed by atoms with van der Waals surface area (Å²) in [7, 11) is 0. The third-order valence-corrected chi connectivity index (χ3v) is 22.3. The van der Waals surface area contributed by atoms with Crippen molar-refractivity contribution in [2.45, 2.75) is 147 Å². The normalized spacial score (nSPS) is 15.1. The molecule has 4 aromatic heterocycles. The molecule has 4 nitrogen and oxygen atoms in total. The Balaban J connectivity index is 0.751. The molecule has 0 radical (unpaired) electrons. The number of alkyl halides is 6. The Morgan fingerprint density at radius 2 is 0.822 bits per heavy atom. The summed E-state index contributed by atoms with van der Waals surface area (Å²) in [5, 5.41) is 0.385. The van der Waals surface area contributed by atoms with E-state index in [1.54, 1.807) is 78.1 Å². The molecule has 0 fully saturated rings. The number of aromatic nitrogens is 2. The van der Waals surface area contributed by atoms with Gasteiger partial charge in [-0.1, -0.05) is 212 Å². The zero-order chi connectivity index (χ0) is 62.8. The van der Waals surface area contributed by atoms with Crippen LogP contribution in [0.1, 0.15) is 152 Å². The number of ether oxygens (including phenoxy) is 1. The van der Waals surface area contributed by atoms with Gasteiger partial charge in [0.1, 0.15) is 16.6 Å². The number of thiophene rings is 2. The second-order valence-corrected chi connectivity index (χ2v) is 28.4. The molecule has 14 heteroatoms. The number of halogens is 6. The van der Waals surface area contributed by atoms with Crippen molar-refractivity contribution >= 4 is 62.5 Å². The standard InChI is InChI=1S/C76H70F6N2O2S4/c1-5-7-9-11-13-21-43-73(44-22-14-12-10-8-6-2)60-45-56(64-41-39-62(89-64)51-23-17-15-18-24-51)35-37-58(60)59-38-36-57(46-61(59)73)65-42-40-63(90-65)52-31-33-55(34-32-52)72(85)86-47-50-27-29-54(30-28-50)71-84-69(49(4)88-71)67-66(74(77,78)76(81,82)75(67,79)80)68-48(3)87-70(83-68)53-25-19-16-20-26-53/h15-20,23-42,45-46H,5-14,21-22,43-44,47H2,1-4H3. The fourth-order valence-electron chi connectivity index (χ4n) is 13.0. The van der Waals surface area contributed by atoms with Crippen molar-refractivity contribution in [1.29, 1.82) is 0 Å². The molecular formula is C76H70F6N2O2S4. The van der Waals surface area contributed by atoms with Crippen molar-refractivity contribution in [2.24, 2.45) is 0 Å². The third-order valence-electron chi connectivity index (χ3n) is 17.8. The molecule has 0 spiro atoms. The highest BCUT2D eigenvalue weighted by Crippen LogP contribution is 2.66. The van der Waals surface area contributed by atoms with Crippen molar-refractivity contribution in [3.05, 3.63) is 213 Å².